The van der Waals surface area contributed by atoms with Crippen molar-refractivity contribution in [1.29, 1.82) is 0 Å². The molecule has 23 heavy (non-hydrogen) atoms. The molecule has 1 aliphatic carbocycles. The number of carbonyl (C=O) groups excluding carboxylic acids is 1. The van der Waals surface area contributed by atoms with Gasteiger partial charge >= 0.3 is 0 Å². The predicted molar refractivity (Wildman–Crippen MR) is 85.1 cm³/mol. The van der Waals surface area contributed by atoms with Crippen LogP contribution in [-0.4, -0.2) is 21.8 Å². The van der Waals surface area contributed by atoms with Crippen molar-refractivity contribution in [2.24, 2.45) is 0 Å². The van der Waals surface area contributed by atoms with E-state index in [9.17, 15) is 14.9 Å². The van der Waals surface area contributed by atoms with Crippen LogP contribution in [0.2, 0.25) is 0 Å². The van der Waals surface area contributed by atoms with Crippen LogP contribution in [0.4, 0.5) is 11.4 Å². The Balaban J connectivity index is 1.79. The third-order valence-corrected chi connectivity index (χ3v) is 4.30. The van der Waals surface area contributed by atoms with Crippen molar-refractivity contribution in [2.75, 3.05) is 5.32 Å². The Kier molecular flexibility index (Phi) is 3.04. The summed E-state index contributed by atoms with van der Waals surface area (Å²) in [5.41, 5.74) is 2.19. The number of carbonyl (C=O) groups is 1. The topological polar surface area (TPSA) is 75.5 Å². The van der Waals surface area contributed by atoms with Gasteiger partial charge in [-0.3, -0.25) is 14.9 Å². The van der Waals surface area contributed by atoms with E-state index in [2.05, 4.69) is 5.32 Å². The number of fused-ring (bicyclic) bond motifs is 1. The van der Waals surface area contributed by atoms with Crippen molar-refractivity contribution in [3.8, 4) is 0 Å². The number of anilines is 1. The summed E-state index contributed by atoms with van der Waals surface area (Å²) in [6, 6.07) is 14.1. The number of nitrogens with zero attached hydrogens (tertiary/aromatic N) is 2. The number of para-hydroxylation sites is 1. The molecule has 0 spiro atoms. The second kappa shape index (κ2) is 5.08. The van der Waals surface area contributed by atoms with Crippen LogP contribution in [0.15, 0.2) is 48.5 Å². The maximum atomic E-state index is 12.9. The van der Waals surface area contributed by atoms with E-state index >= 15 is 0 Å². The smallest absolute Gasteiger partial charge is 0.269 e. The van der Waals surface area contributed by atoms with Gasteiger partial charge in [-0.1, -0.05) is 24.3 Å². The molecule has 4 rings (SSSR count). The van der Waals surface area contributed by atoms with E-state index in [0.29, 0.717) is 5.56 Å². The van der Waals surface area contributed by atoms with Crippen molar-refractivity contribution in [3.05, 3.63) is 69.8 Å². The van der Waals surface area contributed by atoms with Gasteiger partial charge in [0, 0.05) is 29.4 Å². The molecule has 1 fully saturated rings. The van der Waals surface area contributed by atoms with Gasteiger partial charge < -0.3 is 10.2 Å². The van der Waals surface area contributed by atoms with Crippen LogP contribution in [0.3, 0.4) is 0 Å². The summed E-state index contributed by atoms with van der Waals surface area (Å²) in [6.07, 6.45) is 1.58. The molecule has 1 heterocycles. The van der Waals surface area contributed by atoms with E-state index in [4.69, 9.17) is 0 Å². The minimum atomic E-state index is -0.413. The molecule has 1 atom stereocenters. The van der Waals surface area contributed by atoms with Crippen LogP contribution in [0.1, 0.15) is 34.9 Å². The fourth-order valence-corrected chi connectivity index (χ4v) is 3.05. The lowest BCUT2D eigenvalue weighted by Gasteiger charge is -2.38. The van der Waals surface area contributed by atoms with Gasteiger partial charge in [-0.2, -0.15) is 0 Å². The van der Waals surface area contributed by atoms with Gasteiger partial charge in [-0.15, -0.1) is 0 Å². The molecule has 1 amide bonds. The SMILES string of the molecule is O=C1c2ccccc2N[C@H](c2cccc([N+](=O)[O-])c2)N1C1CC1. The summed E-state index contributed by atoms with van der Waals surface area (Å²) in [4.78, 5) is 25.3. The van der Waals surface area contributed by atoms with Crippen LogP contribution < -0.4 is 5.32 Å². The second-order valence-electron chi connectivity index (χ2n) is 5.89. The zero-order valence-corrected chi connectivity index (χ0v) is 12.3. The molecule has 6 nitrogen and oxygen atoms in total. The second-order valence-corrected chi connectivity index (χ2v) is 5.89. The highest BCUT2D eigenvalue weighted by atomic mass is 16.6. The number of benzene rings is 2. The molecule has 0 bridgehead atoms. The first-order valence-corrected chi connectivity index (χ1v) is 7.58. The van der Waals surface area contributed by atoms with Crippen molar-refractivity contribution in [3.63, 3.8) is 0 Å². The zero-order valence-electron chi connectivity index (χ0n) is 12.3. The fraction of sp³-hybridized carbons (Fsp3) is 0.235. The third kappa shape index (κ3) is 2.32. The fourth-order valence-electron chi connectivity index (χ4n) is 3.05. The average molecular weight is 309 g/mol. The Bertz CT molecular complexity index is 801. The molecule has 6 heteroatoms. The van der Waals surface area contributed by atoms with Crippen LogP contribution >= 0.6 is 0 Å². The lowest BCUT2D eigenvalue weighted by Crippen LogP contribution is -2.44. The lowest BCUT2D eigenvalue weighted by molar-refractivity contribution is -0.384. The van der Waals surface area contributed by atoms with Gasteiger partial charge in [-0.05, 0) is 25.0 Å². The molecule has 0 unspecified atom stereocenters. The molecule has 116 valence electrons. The molecule has 1 N–H and O–H groups in total. The molecule has 2 aromatic carbocycles. The van der Waals surface area contributed by atoms with E-state index < -0.39 is 4.92 Å². The summed E-state index contributed by atoms with van der Waals surface area (Å²) >= 11 is 0. The first-order chi connectivity index (χ1) is 11.1. The number of amides is 1. The molecule has 0 saturated heterocycles. The highest BCUT2D eigenvalue weighted by Crippen LogP contribution is 2.41. The largest absolute Gasteiger partial charge is 0.361 e. The Morgan fingerprint density at radius 2 is 1.91 bits per heavy atom. The summed E-state index contributed by atoms with van der Waals surface area (Å²) in [7, 11) is 0. The molecule has 1 saturated carbocycles. The summed E-state index contributed by atoms with van der Waals surface area (Å²) in [6.45, 7) is 0. The number of nitro groups is 1. The van der Waals surface area contributed by atoms with Gasteiger partial charge in [-0.25, -0.2) is 0 Å². The summed E-state index contributed by atoms with van der Waals surface area (Å²) < 4.78 is 0. The molecule has 2 aromatic rings. The number of hydrogen-bond acceptors (Lipinski definition) is 4. The predicted octanol–water partition coefficient (Wildman–Crippen LogP) is 3.32. The molecule has 2 aliphatic rings. The monoisotopic (exact) mass is 309 g/mol. The Morgan fingerprint density at radius 3 is 2.65 bits per heavy atom. The Hall–Kier alpha value is -2.89. The minimum Gasteiger partial charge on any atom is -0.361 e. The van der Waals surface area contributed by atoms with Crippen LogP contribution in [-0.2, 0) is 0 Å². The zero-order chi connectivity index (χ0) is 16.0. The summed E-state index contributed by atoms with van der Waals surface area (Å²) in [5, 5.41) is 14.4. The first-order valence-electron chi connectivity index (χ1n) is 7.58. The van der Waals surface area contributed by atoms with Gasteiger partial charge in [0.15, 0.2) is 0 Å². The minimum absolute atomic E-state index is 0.0154. The Labute approximate surface area is 132 Å². The van der Waals surface area contributed by atoms with Crippen molar-refractivity contribution >= 4 is 17.3 Å². The number of non-ortho nitro benzene ring substituents is 1. The van der Waals surface area contributed by atoms with Crippen LogP contribution in [0, 0.1) is 10.1 Å². The highest BCUT2D eigenvalue weighted by Gasteiger charge is 2.42. The number of nitrogens with one attached hydrogen (secondary N) is 1. The molecule has 0 radical (unpaired) electrons. The van der Waals surface area contributed by atoms with E-state index in [0.717, 1.165) is 24.1 Å². The molecular weight excluding hydrogens is 294 g/mol. The molecule has 0 aromatic heterocycles. The van der Waals surface area contributed by atoms with Crippen molar-refractivity contribution in [2.45, 2.75) is 25.0 Å². The van der Waals surface area contributed by atoms with Gasteiger partial charge in [0.25, 0.3) is 11.6 Å². The van der Waals surface area contributed by atoms with Gasteiger partial charge in [0.05, 0.1) is 10.5 Å². The van der Waals surface area contributed by atoms with Crippen LogP contribution in [0.5, 0.6) is 0 Å². The maximum absolute atomic E-state index is 12.9. The van der Waals surface area contributed by atoms with E-state index in [-0.39, 0.29) is 23.8 Å². The normalized spacial score (nSPS) is 19.9. The first kappa shape index (κ1) is 13.8. The maximum Gasteiger partial charge on any atom is 0.269 e. The van der Waals surface area contributed by atoms with Crippen LogP contribution in [0.25, 0.3) is 0 Å². The van der Waals surface area contributed by atoms with Gasteiger partial charge in [0.2, 0.25) is 0 Å². The van der Waals surface area contributed by atoms with E-state index in [1.54, 1.807) is 6.07 Å². The van der Waals surface area contributed by atoms with Gasteiger partial charge in [0.1, 0.15) is 6.17 Å². The van der Waals surface area contributed by atoms with E-state index in [1.165, 1.54) is 12.1 Å². The number of hydrogen-bond donors (Lipinski definition) is 1. The Morgan fingerprint density at radius 1 is 1.13 bits per heavy atom. The standard InChI is InChI=1S/C17H15N3O3/c21-17-14-6-1-2-7-15(14)18-16(19(17)12-8-9-12)11-4-3-5-13(10-11)20(22)23/h1-7,10,12,16,18H,8-9H2/t16-/m0/s1. The quantitative estimate of drug-likeness (QED) is 0.697. The summed E-state index contributed by atoms with van der Waals surface area (Å²) in [5.74, 6) is -0.0154. The number of rotatable bonds is 3. The average Bonchev–Trinajstić information content (AvgIpc) is 3.39. The van der Waals surface area contributed by atoms with Crippen molar-refractivity contribution < 1.29 is 9.72 Å². The molecule has 1 aliphatic heterocycles. The number of nitro benzene ring substituents is 1. The van der Waals surface area contributed by atoms with E-state index in [1.807, 2.05) is 35.2 Å². The third-order valence-electron chi connectivity index (χ3n) is 4.30. The molecular formula is C17H15N3O3. The van der Waals surface area contributed by atoms with Crippen molar-refractivity contribution in [1.82, 2.24) is 4.90 Å². The lowest BCUT2D eigenvalue weighted by atomic mass is 10.0. The highest BCUT2D eigenvalue weighted by molar-refractivity contribution is 6.02.